The van der Waals surface area contributed by atoms with Gasteiger partial charge < -0.3 is 8.85 Å². The molecule has 0 fully saturated rings. The van der Waals surface area contributed by atoms with E-state index in [0.717, 1.165) is 12.1 Å². The molecule has 0 aliphatic heterocycles. The molecule has 0 saturated heterocycles. The van der Waals surface area contributed by atoms with Gasteiger partial charge in [0.15, 0.2) is 0 Å². The molecule has 0 N–H and O–H groups in total. The molecule has 0 amide bonds. The smallest absolute Gasteiger partial charge is 0.338 e. The molecule has 29 heavy (non-hydrogen) atoms. The molecule has 0 unspecified atom stereocenters. The van der Waals surface area contributed by atoms with Gasteiger partial charge in [-0.3, -0.25) is 0 Å². The summed E-state index contributed by atoms with van der Waals surface area (Å²) in [5, 5.41) is 5.04. The highest BCUT2D eigenvalue weighted by Gasteiger charge is 2.33. The summed E-state index contributed by atoms with van der Waals surface area (Å²) in [6.45, 7) is 5.60. The summed E-state index contributed by atoms with van der Waals surface area (Å²) in [4.78, 5) is 0. The maximum absolute atomic E-state index is 6.49. The molecule has 3 heteroatoms. The van der Waals surface area contributed by atoms with Crippen LogP contribution in [0.15, 0.2) is 84.9 Å². The van der Waals surface area contributed by atoms with Crippen molar-refractivity contribution in [1.82, 2.24) is 0 Å². The molecular formula is C26H28O2Si. The van der Waals surface area contributed by atoms with E-state index in [1.165, 1.54) is 32.7 Å². The van der Waals surface area contributed by atoms with Gasteiger partial charge in [-0.1, -0.05) is 86.6 Å². The van der Waals surface area contributed by atoms with Gasteiger partial charge in [-0.25, -0.2) is 0 Å². The van der Waals surface area contributed by atoms with Gasteiger partial charge in [0.1, 0.15) is 0 Å². The number of benzene rings is 4. The molecule has 0 aromatic heterocycles. The molecular weight excluding hydrogens is 372 g/mol. The van der Waals surface area contributed by atoms with E-state index in [1.54, 1.807) is 0 Å². The van der Waals surface area contributed by atoms with Crippen LogP contribution in [0.1, 0.15) is 25.0 Å². The molecule has 0 saturated carbocycles. The van der Waals surface area contributed by atoms with E-state index in [0.29, 0.717) is 13.2 Å². The molecule has 4 aromatic rings. The molecule has 0 radical (unpaired) electrons. The Morgan fingerprint density at radius 2 is 0.966 bits per heavy atom. The predicted octanol–water partition coefficient (Wildman–Crippen LogP) is 7.21. The largest absolute Gasteiger partial charge is 0.390 e. The Morgan fingerprint density at radius 1 is 0.552 bits per heavy atom. The molecule has 4 aromatic carbocycles. The van der Waals surface area contributed by atoms with Crippen LogP contribution in [-0.4, -0.2) is 8.56 Å². The van der Waals surface area contributed by atoms with Crippen LogP contribution in [0.25, 0.3) is 21.5 Å². The first-order chi connectivity index (χ1) is 14.2. The summed E-state index contributed by atoms with van der Waals surface area (Å²) >= 11 is 0. The SMILES string of the molecule is CC[Si](CC)(OCc1ccc2ccccc2c1)OCc1ccc2ccccc2c1. The zero-order valence-electron chi connectivity index (χ0n) is 17.2. The van der Waals surface area contributed by atoms with Gasteiger partial charge >= 0.3 is 8.56 Å². The van der Waals surface area contributed by atoms with E-state index in [4.69, 9.17) is 8.85 Å². The van der Waals surface area contributed by atoms with Crippen molar-refractivity contribution in [2.45, 2.75) is 39.1 Å². The Labute approximate surface area is 174 Å². The lowest BCUT2D eigenvalue weighted by Gasteiger charge is -2.29. The van der Waals surface area contributed by atoms with E-state index in [9.17, 15) is 0 Å². The lowest BCUT2D eigenvalue weighted by molar-refractivity contribution is 0.154. The minimum atomic E-state index is -2.24. The van der Waals surface area contributed by atoms with Crippen molar-refractivity contribution in [2.75, 3.05) is 0 Å². The second-order valence-electron chi connectivity index (χ2n) is 7.56. The zero-order valence-corrected chi connectivity index (χ0v) is 18.2. The summed E-state index contributed by atoms with van der Waals surface area (Å²) in [6, 6.07) is 31.9. The van der Waals surface area contributed by atoms with E-state index >= 15 is 0 Å². The topological polar surface area (TPSA) is 18.5 Å². The maximum atomic E-state index is 6.49. The van der Waals surface area contributed by atoms with Crippen LogP contribution >= 0.6 is 0 Å². The zero-order chi connectivity index (χ0) is 20.1. The van der Waals surface area contributed by atoms with Crippen LogP contribution in [0.3, 0.4) is 0 Å². The fourth-order valence-electron chi connectivity index (χ4n) is 3.79. The fraction of sp³-hybridized carbons (Fsp3) is 0.231. The molecule has 0 aliphatic carbocycles. The van der Waals surface area contributed by atoms with Gasteiger partial charge in [-0.15, -0.1) is 0 Å². The first kappa shape index (κ1) is 19.8. The molecule has 0 heterocycles. The van der Waals surface area contributed by atoms with E-state index in [1.807, 2.05) is 0 Å². The third-order valence-electron chi connectivity index (χ3n) is 5.71. The van der Waals surface area contributed by atoms with E-state index in [2.05, 4.69) is 98.8 Å². The average Bonchev–Trinajstić information content (AvgIpc) is 2.79. The molecule has 0 bridgehead atoms. The molecule has 0 spiro atoms. The quantitative estimate of drug-likeness (QED) is 0.291. The normalized spacial score (nSPS) is 11.9. The first-order valence-corrected chi connectivity index (χ1v) is 12.7. The fourth-order valence-corrected chi connectivity index (χ4v) is 6.05. The van der Waals surface area contributed by atoms with Crippen LogP contribution in [0.5, 0.6) is 0 Å². The molecule has 2 nitrogen and oxygen atoms in total. The Bertz CT molecular complexity index is 1020. The van der Waals surface area contributed by atoms with Crippen LogP contribution in [0, 0.1) is 0 Å². The minimum Gasteiger partial charge on any atom is -0.390 e. The highest BCUT2D eigenvalue weighted by Crippen LogP contribution is 2.25. The predicted molar refractivity (Wildman–Crippen MR) is 124 cm³/mol. The van der Waals surface area contributed by atoms with Crippen molar-refractivity contribution in [3.8, 4) is 0 Å². The second kappa shape index (κ2) is 8.91. The van der Waals surface area contributed by atoms with Gasteiger partial charge in [0, 0.05) is 0 Å². The Morgan fingerprint density at radius 3 is 1.38 bits per heavy atom. The molecule has 148 valence electrons. The summed E-state index contributed by atoms with van der Waals surface area (Å²) < 4.78 is 13.0. The van der Waals surface area contributed by atoms with Crippen molar-refractivity contribution in [1.29, 1.82) is 0 Å². The summed E-state index contributed by atoms with van der Waals surface area (Å²) in [5.74, 6) is 0. The van der Waals surface area contributed by atoms with Gasteiger partial charge in [-0.05, 0) is 56.9 Å². The van der Waals surface area contributed by atoms with Gasteiger partial charge in [0.05, 0.1) is 13.2 Å². The average molecular weight is 401 g/mol. The van der Waals surface area contributed by atoms with Crippen molar-refractivity contribution < 1.29 is 8.85 Å². The first-order valence-electron chi connectivity index (χ1n) is 10.4. The van der Waals surface area contributed by atoms with Crippen LogP contribution in [0.2, 0.25) is 12.1 Å². The third-order valence-corrected chi connectivity index (χ3v) is 9.20. The van der Waals surface area contributed by atoms with Crippen LogP contribution < -0.4 is 0 Å². The van der Waals surface area contributed by atoms with E-state index in [-0.39, 0.29) is 0 Å². The van der Waals surface area contributed by atoms with E-state index < -0.39 is 8.56 Å². The maximum Gasteiger partial charge on any atom is 0.338 e. The van der Waals surface area contributed by atoms with Gasteiger partial charge in [-0.2, -0.15) is 0 Å². The van der Waals surface area contributed by atoms with Crippen LogP contribution in [-0.2, 0) is 22.1 Å². The van der Waals surface area contributed by atoms with Gasteiger partial charge in [0.2, 0.25) is 0 Å². The van der Waals surface area contributed by atoms with Crippen molar-refractivity contribution in [3.63, 3.8) is 0 Å². The Hall–Kier alpha value is -2.46. The molecule has 0 aliphatic rings. The Balaban J connectivity index is 1.45. The Kier molecular flexibility index (Phi) is 6.10. The summed E-state index contributed by atoms with van der Waals surface area (Å²) in [6.07, 6.45) is 0. The number of fused-ring (bicyclic) bond motifs is 2. The highest BCUT2D eigenvalue weighted by atomic mass is 28.4. The van der Waals surface area contributed by atoms with Crippen molar-refractivity contribution in [3.05, 3.63) is 96.1 Å². The van der Waals surface area contributed by atoms with Gasteiger partial charge in [0.25, 0.3) is 0 Å². The highest BCUT2D eigenvalue weighted by molar-refractivity contribution is 6.67. The lowest BCUT2D eigenvalue weighted by atomic mass is 10.1. The molecule has 0 atom stereocenters. The second-order valence-corrected chi connectivity index (χ2v) is 11.4. The number of hydrogen-bond donors (Lipinski definition) is 0. The van der Waals surface area contributed by atoms with Crippen LogP contribution in [0.4, 0.5) is 0 Å². The van der Waals surface area contributed by atoms with Crippen molar-refractivity contribution in [2.24, 2.45) is 0 Å². The summed E-state index contributed by atoms with van der Waals surface area (Å²) in [7, 11) is -2.24. The third kappa shape index (κ3) is 4.59. The lowest BCUT2D eigenvalue weighted by Crippen LogP contribution is -2.40. The molecule has 4 rings (SSSR count). The van der Waals surface area contributed by atoms with Crippen molar-refractivity contribution >= 4 is 30.1 Å². The number of hydrogen-bond acceptors (Lipinski definition) is 2. The summed E-state index contributed by atoms with van der Waals surface area (Å²) in [5.41, 5.74) is 2.41. The standard InChI is InChI=1S/C26H28O2Si/c1-3-29(4-2,27-19-21-13-15-23-9-5-7-11-25(23)17-21)28-20-22-14-16-24-10-6-8-12-26(24)18-22/h5-18H,3-4,19-20H2,1-2H3. The number of rotatable bonds is 8. The monoisotopic (exact) mass is 400 g/mol. The minimum absolute atomic E-state index is 0.608.